The summed E-state index contributed by atoms with van der Waals surface area (Å²) in [5.41, 5.74) is -0.333. The minimum atomic E-state index is -1.91. The fraction of sp³-hybridized carbons (Fsp3) is 0.571. The Morgan fingerprint density at radius 1 is 1.14 bits per heavy atom. The van der Waals surface area contributed by atoms with E-state index in [1.807, 2.05) is 0 Å². The third kappa shape index (κ3) is 4.23. The summed E-state index contributed by atoms with van der Waals surface area (Å²) in [6, 6.07) is 2.16. The van der Waals surface area contributed by atoms with Crippen LogP contribution in [0.15, 0.2) is 12.1 Å². The molecule has 0 spiro atoms. The zero-order chi connectivity index (χ0) is 15.4. The molecule has 1 saturated heterocycles. The second kappa shape index (κ2) is 7.31. The predicted octanol–water partition coefficient (Wildman–Crippen LogP) is -0.175. The Morgan fingerprint density at radius 3 is 2.43 bits per heavy atom. The van der Waals surface area contributed by atoms with E-state index in [0.717, 1.165) is 44.9 Å². The fourth-order valence-corrected chi connectivity index (χ4v) is 2.60. The molecule has 0 aliphatic carbocycles. The third-order valence-electron chi connectivity index (χ3n) is 3.99. The Balaban J connectivity index is 1.92. The number of benzene rings is 1. The third-order valence-corrected chi connectivity index (χ3v) is 3.99. The molecule has 0 amide bonds. The van der Waals surface area contributed by atoms with E-state index in [4.69, 9.17) is 10.0 Å². The maximum Gasteiger partial charge on any atom is 0.491 e. The molecule has 1 aliphatic heterocycles. The molecular formula is C14H21BF2N2O2. The van der Waals surface area contributed by atoms with Crippen LogP contribution in [0.2, 0.25) is 0 Å². The number of hydrogen-bond donors (Lipinski definition) is 2. The highest BCUT2D eigenvalue weighted by Crippen LogP contribution is 2.14. The lowest BCUT2D eigenvalue weighted by Gasteiger charge is -2.32. The Kier molecular flexibility index (Phi) is 5.69. The van der Waals surface area contributed by atoms with Crippen LogP contribution in [0.25, 0.3) is 0 Å². The van der Waals surface area contributed by atoms with Gasteiger partial charge in [0.2, 0.25) is 0 Å². The molecule has 1 fully saturated rings. The summed E-state index contributed by atoms with van der Waals surface area (Å²) in [5, 5.41) is 18.1. The smallest absolute Gasteiger partial charge is 0.423 e. The van der Waals surface area contributed by atoms with Gasteiger partial charge in [-0.2, -0.15) is 0 Å². The van der Waals surface area contributed by atoms with Gasteiger partial charge in [-0.25, -0.2) is 8.78 Å². The maximum atomic E-state index is 14.0. The summed E-state index contributed by atoms with van der Waals surface area (Å²) in [5.74, 6) is -1.47. The lowest BCUT2D eigenvalue weighted by atomic mass is 9.78. The first-order chi connectivity index (χ1) is 9.99. The number of likely N-dealkylation sites (N-methyl/N-ethyl adjacent to an activating group) is 1. The Bertz CT molecular complexity index is 480. The Morgan fingerprint density at radius 2 is 1.81 bits per heavy atom. The van der Waals surface area contributed by atoms with E-state index in [9.17, 15) is 8.78 Å². The molecule has 4 nitrogen and oxygen atoms in total. The van der Waals surface area contributed by atoms with Gasteiger partial charge in [0, 0.05) is 37.2 Å². The van der Waals surface area contributed by atoms with Gasteiger partial charge in [-0.15, -0.1) is 0 Å². The largest absolute Gasteiger partial charge is 0.491 e. The van der Waals surface area contributed by atoms with Gasteiger partial charge in [0.15, 0.2) is 0 Å². The Hall–Kier alpha value is -1.02. The average Bonchev–Trinajstić information content (AvgIpc) is 2.44. The lowest BCUT2D eigenvalue weighted by molar-refractivity contribution is 0.153. The van der Waals surface area contributed by atoms with E-state index in [0.29, 0.717) is 6.42 Å². The van der Waals surface area contributed by atoms with Crippen molar-refractivity contribution in [3.63, 3.8) is 0 Å². The van der Waals surface area contributed by atoms with Gasteiger partial charge in [0.1, 0.15) is 11.6 Å². The highest BCUT2D eigenvalue weighted by atomic mass is 19.1. The normalized spacial score (nSPS) is 17.2. The molecule has 0 aromatic heterocycles. The van der Waals surface area contributed by atoms with Crippen molar-refractivity contribution in [2.75, 3.05) is 39.8 Å². The van der Waals surface area contributed by atoms with Crippen molar-refractivity contribution in [3.05, 3.63) is 29.3 Å². The van der Waals surface area contributed by atoms with Crippen LogP contribution in [0, 0.1) is 11.6 Å². The summed E-state index contributed by atoms with van der Waals surface area (Å²) in [7, 11) is 0.162. The first-order valence-corrected chi connectivity index (χ1v) is 7.23. The van der Waals surface area contributed by atoms with Crippen LogP contribution in [0.5, 0.6) is 0 Å². The summed E-state index contributed by atoms with van der Waals surface area (Å²) < 4.78 is 27.7. The van der Waals surface area contributed by atoms with E-state index in [-0.39, 0.29) is 17.4 Å². The van der Waals surface area contributed by atoms with Crippen molar-refractivity contribution in [2.24, 2.45) is 0 Å². The van der Waals surface area contributed by atoms with Gasteiger partial charge in [0.05, 0.1) is 0 Å². The van der Waals surface area contributed by atoms with Gasteiger partial charge in [-0.05, 0) is 32.5 Å². The van der Waals surface area contributed by atoms with Crippen molar-refractivity contribution in [2.45, 2.75) is 12.8 Å². The topological polar surface area (TPSA) is 46.9 Å². The molecule has 1 aliphatic rings. The van der Waals surface area contributed by atoms with Gasteiger partial charge < -0.3 is 19.8 Å². The van der Waals surface area contributed by atoms with Crippen LogP contribution in [0.4, 0.5) is 8.78 Å². The minimum absolute atomic E-state index is 0.0604. The summed E-state index contributed by atoms with van der Waals surface area (Å²) in [6.45, 7) is 4.75. The average molecular weight is 298 g/mol. The van der Waals surface area contributed by atoms with Crippen molar-refractivity contribution >= 4 is 12.6 Å². The summed E-state index contributed by atoms with van der Waals surface area (Å²) in [4.78, 5) is 4.53. The van der Waals surface area contributed by atoms with Crippen molar-refractivity contribution in [1.29, 1.82) is 0 Å². The van der Waals surface area contributed by atoms with E-state index in [1.165, 1.54) is 0 Å². The molecule has 0 atom stereocenters. The SMILES string of the molecule is CN1CCN(CCCc2c(F)ccc(B(O)O)c2F)CC1. The van der Waals surface area contributed by atoms with Crippen LogP contribution in [0.3, 0.4) is 0 Å². The highest BCUT2D eigenvalue weighted by molar-refractivity contribution is 6.58. The number of rotatable bonds is 5. The molecule has 1 aromatic carbocycles. The summed E-state index contributed by atoms with van der Waals surface area (Å²) in [6.07, 6.45) is 0.896. The van der Waals surface area contributed by atoms with Crippen molar-refractivity contribution in [3.8, 4) is 0 Å². The van der Waals surface area contributed by atoms with E-state index in [2.05, 4.69) is 16.8 Å². The first-order valence-electron chi connectivity index (χ1n) is 7.23. The number of halogens is 2. The Labute approximate surface area is 124 Å². The molecule has 0 saturated carbocycles. The summed E-state index contributed by atoms with van der Waals surface area (Å²) >= 11 is 0. The molecule has 1 heterocycles. The van der Waals surface area contributed by atoms with Crippen LogP contribution < -0.4 is 5.46 Å². The van der Waals surface area contributed by atoms with E-state index < -0.39 is 18.8 Å². The van der Waals surface area contributed by atoms with Crippen molar-refractivity contribution in [1.82, 2.24) is 9.80 Å². The molecule has 0 bridgehead atoms. The monoisotopic (exact) mass is 298 g/mol. The molecule has 7 heteroatoms. The molecule has 116 valence electrons. The molecule has 0 unspecified atom stereocenters. The molecule has 1 aromatic rings. The second-order valence-corrected chi connectivity index (χ2v) is 5.55. The zero-order valence-corrected chi connectivity index (χ0v) is 12.2. The number of hydrogen-bond acceptors (Lipinski definition) is 4. The van der Waals surface area contributed by atoms with Crippen molar-refractivity contribution < 1.29 is 18.8 Å². The molecule has 2 N–H and O–H groups in total. The van der Waals surface area contributed by atoms with Crippen LogP contribution in [0.1, 0.15) is 12.0 Å². The predicted molar refractivity (Wildman–Crippen MR) is 78.4 cm³/mol. The lowest BCUT2D eigenvalue weighted by Crippen LogP contribution is -2.44. The standard InChI is InChI=1S/C14H21BF2N2O2/c1-18-7-9-19(10-8-18)6-2-3-11-13(16)5-4-12(14(11)17)15(20)21/h4-5,20-21H,2-3,6-10H2,1H3. The van der Waals surface area contributed by atoms with E-state index >= 15 is 0 Å². The maximum absolute atomic E-state index is 14.0. The van der Waals surface area contributed by atoms with Gasteiger partial charge >= 0.3 is 7.12 Å². The number of piperazine rings is 1. The molecular weight excluding hydrogens is 277 g/mol. The number of nitrogens with zero attached hydrogens (tertiary/aromatic N) is 2. The fourth-order valence-electron chi connectivity index (χ4n) is 2.60. The second-order valence-electron chi connectivity index (χ2n) is 5.55. The van der Waals surface area contributed by atoms with Crippen LogP contribution >= 0.6 is 0 Å². The highest BCUT2D eigenvalue weighted by Gasteiger charge is 2.21. The van der Waals surface area contributed by atoms with Gasteiger partial charge in [-0.3, -0.25) is 0 Å². The quantitative estimate of drug-likeness (QED) is 0.741. The molecule has 2 rings (SSSR count). The van der Waals surface area contributed by atoms with E-state index in [1.54, 1.807) is 0 Å². The minimum Gasteiger partial charge on any atom is -0.423 e. The van der Waals surface area contributed by atoms with Crippen LogP contribution in [-0.2, 0) is 6.42 Å². The van der Waals surface area contributed by atoms with Gasteiger partial charge in [-0.1, -0.05) is 6.07 Å². The molecule has 0 radical (unpaired) electrons. The first kappa shape index (κ1) is 16.4. The van der Waals surface area contributed by atoms with Gasteiger partial charge in [0.25, 0.3) is 0 Å². The van der Waals surface area contributed by atoms with Crippen LogP contribution in [-0.4, -0.2) is 66.7 Å². The zero-order valence-electron chi connectivity index (χ0n) is 12.2. The molecule has 21 heavy (non-hydrogen) atoms.